The normalized spacial score (nSPS) is 10.0. The van der Waals surface area contributed by atoms with Crippen molar-refractivity contribution in [2.75, 3.05) is 25.5 Å². The lowest BCUT2D eigenvalue weighted by Crippen LogP contribution is -2.28. The number of carbonyl (C=O) groups excluding carboxylic acids is 1. The van der Waals surface area contributed by atoms with Crippen molar-refractivity contribution in [1.29, 1.82) is 0 Å². The van der Waals surface area contributed by atoms with Crippen LogP contribution in [0.15, 0.2) is 47.1 Å². The minimum absolute atomic E-state index is 0.190. The summed E-state index contributed by atoms with van der Waals surface area (Å²) in [5.41, 5.74) is 0.492. The van der Waals surface area contributed by atoms with Gasteiger partial charge in [-0.1, -0.05) is 18.2 Å². The number of pyridine rings is 1. The molecule has 1 aromatic heterocycles. The maximum Gasteiger partial charge on any atom is 0.255 e. The highest BCUT2D eigenvalue weighted by molar-refractivity contribution is 9.10. The standard InChI is InChI=1S/C15H16BrN3O2/c1-17-14-13(9-11(16)10-19-14)15(20)18-7-8-21-12-5-3-2-4-6-12/h2-6,9-10H,7-8H2,1H3,(H,17,19)(H,18,20). The number of ether oxygens (including phenoxy) is 1. The van der Waals surface area contributed by atoms with E-state index in [0.717, 1.165) is 10.2 Å². The van der Waals surface area contributed by atoms with Crippen LogP contribution < -0.4 is 15.4 Å². The molecule has 0 unspecified atom stereocenters. The summed E-state index contributed by atoms with van der Waals surface area (Å²) in [6, 6.07) is 11.2. The van der Waals surface area contributed by atoms with Gasteiger partial charge in [0.2, 0.25) is 0 Å². The van der Waals surface area contributed by atoms with E-state index in [1.54, 1.807) is 19.3 Å². The molecule has 0 saturated carbocycles. The number of rotatable bonds is 6. The predicted octanol–water partition coefficient (Wildman–Crippen LogP) is 2.69. The van der Waals surface area contributed by atoms with Crippen molar-refractivity contribution < 1.29 is 9.53 Å². The molecule has 2 N–H and O–H groups in total. The van der Waals surface area contributed by atoms with Gasteiger partial charge in [-0.05, 0) is 34.1 Å². The minimum atomic E-state index is -0.190. The first-order valence-electron chi connectivity index (χ1n) is 6.50. The van der Waals surface area contributed by atoms with Crippen LogP contribution in [0.3, 0.4) is 0 Å². The number of carbonyl (C=O) groups is 1. The third-order valence-corrected chi connectivity index (χ3v) is 3.17. The van der Waals surface area contributed by atoms with Gasteiger partial charge in [0.25, 0.3) is 5.91 Å². The molecule has 6 heteroatoms. The van der Waals surface area contributed by atoms with Crippen molar-refractivity contribution >= 4 is 27.7 Å². The van der Waals surface area contributed by atoms with Crippen molar-refractivity contribution in [3.05, 3.63) is 52.6 Å². The average Bonchev–Trinajstić information content (AvgIpc) is 2.52. The molecule has 21 heavy (non-hydrogen) atoms. The van der Waals surface area contributed by atoms with E-state index in [1.807, 2.05) is 30.3 Å². The van der Waals surface area contributed by atoms with Crippen LogP contribution in [0.5, 0.6) is 5.75 Å². The number of benzene rings is 1. The Morgan fingerprint density at radius 1 is 1.33 bits per heavy atom. The highest BCUT2D eigenvalue weighted by Gasteiger charge is 2.12. The van der Waals surface area contributed by atoms with E-state index in [0.29, 0.717) is 24.5 Å². The number of amides is 1. The molecule has 2 rings (SSSR count). The summed E-state index contributed by atoms with van der Waals surface area (Å²) in [7, 11) is 1.73. The lowest BCUT2D eigenvalue weighted by molar-refractivity contribution is 0.0947. The molecule has 5 nitrogen and oxygen atoms in total. The van der Waals surface area contributed by atoms with E-state index >= 15 is 0 Å². The third kappa shape index (κ3) is 4.46. The first-order valence-corrected chi connectivity index (χ1v) is 7.29. The van der Waals surface area contributed by atoms with Gasteiger partial charge in [-0.2, -0.15) is 0 Å². The fraction of sp³-hybridized carbons (Fsp3) is 0.200. The van der Waals surface area contributed by atoms with Gasteiger partial charge in [0.15, 0.2) is 0 Å². The molecule has 0 saturated heterocycles. The number of hydrogen-bond acceptors (Lipinski definition) is 4. The Labute approximate surface area is 131 Å². The maximum atomic E-state index is 12.1. The maximum absolute atomic E-state index is 12.1. The van der Waals surface area contributed by atoms with Gasteiger partial charge in [0.05, 0.1) is 12.1 Å². The topological polar surface area (TPSA) is 63.2 Å². The molecule has 0 aliphatic carbocycles. The number of para-hydroxylation sites is 1. The van der Waals surface area contributed by atoms with E-state index in [-0.39, 0.29) is 5.91 Å². The second kappa shape index (κ2) is 7.64. The Balaban J connectivity index is 1.86. The quantitative estimate of drug-likeness (QED) is 0.787. The summed E-state index contributed by atoms with van der Waals surface area (Å²) >= 11 is 3.31. The number of anilines is 1. The molecule has 110 valence electrons. The molecule has 0 spiro atoms. The summed E-state index contributed by atoms with van der Waals surface area (Å²) in [4.78, 5) is 16.3. The van der Waals surface area contributed by atoms with Gasteiger partial charge >= 0.3 is 0 Å². The molecule has 1 amide bonds. The van der Waals surface area contributed by atoms with Crippen molar-refractivity contribution in [2.24, 2.45) is 0 Å². The van der Waals surface area contributed by atoms with Crippen LogP contribution in [0.2, 0.25) is 0 Å². The molecule has 0 radical (unpaired) electrons. The molecule has 0 atom stereocenters. The second-order valence-corrected chi connectivity index (χ2v) is 5.13. The highest BCUT2D eigenvalue weighted by Crippen LogP contribution is 2.17. The number of halogens is 1. The van der Waals surface area contributed by atoms with Crippen molar-refractivity contribution in [1.82, 2.24) is 10.3 Å². The molecule has 2 aromatic rings. The fourth-order valence-electron chi connectivity index (χ4n) is 1.76. The fourth-order valence-corrected chi connectivity index (χ4v) is 2.09. The summed E-state index contributed by atoms with van der Waals surface area (Å²) in [6.07, 6.45) is 1.64. The Kier molecular flexibility index (Phi) is 5.57. The van der Waals surface area contributed by atoms with E-state index in [1.165, 1.54) is 0 Å². The van der Waals surface area contributed by atoms with E-state index in [9.17, 15) is 4.79 Å². The van der Waals surface area contributed by atoms with Crippen LogP contribution in [0, 0.1) is 0 Å². The Hall–Kier alpha value is -2.08. The first kappa shape index (κ1) is 15.3. The first-order chi connectivity index (χ1) is 10.2. The van der Waals surface area contributed by atoms with Crippen molar-refractivity contribution in [2.45, 2.75) is 0 Å². The molecular weight excluding hydrogens is 334 g/mol. The Morgan fingerprint density at radius 2 is 2.10 bits per heavy atom. The van der Waals surface area contributed by atoms with Crippen LogP contribution >= 0.6 is 15.9 Å². The molecule has 1 aromatic carbocycles. The van der Waals surface area contributed by atoms with E-state index in [2.05, 4.69) is 31.5 Å². The predicted molar refractivity (Wildman–Crippen MR) is 85.8 cm³/mol. The van der Waals surface area contributed by atoms with Gasteiger partial charge in [0, 0.05) is 17.7 Å². The number of aromatic nitrogens is 1. The van der Waals surface area contributed by atoms with Crippen molar-refractivity contribution in [3.63, 3.8) is 0 Å². The third-order valence-electron chi connectivity index (χ3n) is 2.74. The Bertz CT molecular complexity index is 605. The lowest BCUT2D eigenvalue weighted by Gasteiger charge is -2.10. The Morgan fingerprint density at radius 3 is 2.81 bits per heavy atom. The van der Waals surface area contributed by atoms with Crippen LogP contribution in [-0.4, -0.2) is 31.1 Å². The molecule has 0 bridgehead atoms. The molecule has 0 aliphatic heterocycles. The summed E-state index contributed by atoms with van der Waals surface area (Å²) < 4.78 is 6.27. The summed E-state index contributed by atoms with van der Waals surface area (Å²) in [5, 5.41) is 5.70. The number of nitrogens with zero attached hydrogens (tertiary/aromatic N) is 1. The van der Waals surface area contributed by atoms with Crippen LogP contribution in [0.4, 0.5) is 5.82 Å². The lowest BCUT2D eigenvalue weighted by atomic mass is 10.2. The van der Waals surface area contributed by atoms with Crippen LogP contribution in [0.1, 0.15) is 10.4 Å². The van der Waals surface area contributed by atoms with Gasteiger partial charge in [-0.15, -0.1) is 0 Å². The van der Waals surface area contributed by atoms with Crippen LogP contribution in [0.25, 0.3) is 0 Å². The summed E-state index contributed by atoms with van der Waals surface area (Å²) in [5.74, 6) is 1.14. The molecular formula is C15H16BrN3O2. The van der Waals surface area contributed by atoms with Gasteiger partial charge in [-0.3, -0.25) is 4.79 Å². The van der Waals surface area contributed by atoms with Gasteiger partial charge in [-0.25, -0.2) is 4.98 Å². The molecule has 0 fully saturated rings. The number of nitrogens with one attached hydrogen (secondary N) is 2. The highest BCUT2D eigenvalue weighted by atomic mass is 79.9. The van der Waals surface area contributed by atoms with Gasteiger partial charge < -0.3 is 15.4 Å². The van der Waals surface area contributed by atoms with E-state index in [4.69, 9.17) is 4.74 Å². The zero-order chi connectivity index (χ0) is 15.1. The monoisotopic (exact) mass is 349 g/mol. The zero-order valence-electron chi connectivity index (χ0n) is 11.6. The summed E-state index contributed by atoms with van der Waals surface area (Å²) in [6.45, 7) is 0.829. The smallest absolute Gasteiger partial charge is 0.255 e. The second-order valence-electron chi connectivity index (χ2n) is 4.22. The zero-order valence-corrected chi connectivity index (χ0v) is 13.2. The largest absolute Gasteiger partial charge is 0.492 e. The van der Waals surface area contributed by atoms with Crippen LogP contribution in [-0.2, 0) is 0 Å². The number of hydrogen-bond donors (Lipinski definition) is 2. The average molecular weight is 350 g/mol. The SMILES string of the molecule is CNc1ncc(Br)cc1C(=O)NCCOc1ccccc1. The molecule has 1 heterocycles. The van der Waals surface area contributed by atoms with Gasteiger partial charge in [0.1, 0.15) is 18.2 Å². The molecule has 0 aliphatic rings. The van der Waals surface area contributed by atoms with Crippen molar-refractivity contribution in [3.8, 4) is 5.75 Å². The van der Waals surface area contributed by atoms with E-state index < -0.39 is 0 Å². The minimum Gasteiger partial charge on any atom is -0.492 e.